The Morgan fingerprint density at radius 3 is 3.06 bits per heavy atom. The Morgan fingerprint density at radius 1 is 1.47 bits per heavy atom. The van der Waals surface area contributed by atoms with Gasteiger partial charge in [-0.05, 0) is 38.6 Å². The molecule has 4 heteroatoms. The highest BCUT2D eigenvalue weighted by molar-refractivity contribution is 5.48. The van der Waals surface area contributed by atoms with Gasteiger partial charge in [-0.1, -0.05) is 6.07 Å². The van der Waals surface area contributed by atoms with Crippen LogP contribution in [0, 0.1) is 0 Å². The van der Waals surface area contributed by atoms with Gasteiger partial charge in [0.25, 0.3) is 0 Å². The van der Waals surface area contributed by atoms with Gasteiger partial charge in [0.2, 0.25) is 0 Å². The number of aromatic nitrogens is 2. The van der Waals surface area contributed by atoms with Gasteiger partial charge >= 0.3 is 0 Å². The van der Waals surface area contributed by atoms with Crippen molar-refractivity contribution in [3.63, 3.8) is 0 Å². The minimum Gasteiger partial charge on any atom is -0.385 e. The lowest BCUT2D eigenvalue weighted by atomic mass is 10.1. The lowest BCUT2D eigenvalue weighted by Gasteiger charge is -2.17. The molecular weight excluding hydrogens is 212 g/mol. The average Bonchev–Trinajstić information content (AvgIpc) is 2.87. The molecule has 1 fully saturated rings. The highest BCUT2D eigenvalue weighted by Gasteiger charge is 2.21. The first kappa shape index (κ1) is 10.6. The van der Waals surface area contributed by atoms with Crippen LogP contribution in [0.1, 0.15) is 18.5 Å². The predicted molar refractivity (Wildman–Crippen MR) is 69.0 cm³/mol. The third-order valence-electron chi connectivity index (χ3n) is 3.69. The first-order valence-corrected chi connectivity index (χ1v) is 6.17. The number of nitrogens with two attached hydrogens (primary N) is 1. The topological polar surface area (TPSA) is 46.6 Å². The molecule has 1 saturated heterocycles. The summed E-state index contributed by atoms with van der Waals surface area (Å²) in [6.07, 6.45) is 5.67. The molecule has 0 bridgehead atoms. The van der Waals surface area contributed by atoms with Crippen molar-refractivity contribution in [2.24, 2.45) is 0 Å². The number of likely N-dealkylation sites (tertiary alicyclic amines) is 1. The molecule has 0 aliphatic carbocycles. The molecule has 2 aromatic rings. The van der Waals surface area contributed by atoms with E-state index in [9.17, 15) is 0 Å². The highest BCUT2D eigenvalue weighted by atomic mass is 15.1. The summed E-state index contributed by atoms with van der Waals surface area (Å²) in [4.78, 5) is 7.05. The van der Waals surface area contributed by atoms with Gasteiger partial charge in [-0.3, -0.25) is 4.40 Å². The summed E-state index contributed by atoms with van der Waals surface area (Å²) in [6, 6.07) is 6.49. The highest BCUT2D eigenvalue weighted by Crippen LogP contribution is 2.19. The summed E-state index contributed by atoms with van der Waals surface area (Å²) in [5, 5.41) is 0. The minimum absolute atomic E-state index is 0.640. The van der Waals surface area contributed by atoms with Crippen molar-refractivity contribution in [3.8, 4) is 0 Å². The Balaban J connectivity index is 1.88. The first-order valence-electron chi connectivity index (χ1n) is 6.17. The summed E-state index contributed by atoms with van der Waals surface area (Å²) < 4.78 is 1.96. The van der Waals surface area contributed by atoms with Crippen LogP contribution in [-0.2, 0) is 6.42 Å². The number of nitrogens with zero attached hydrogens (tertiary/aromatic N) is 3. The molecule has 17 heavy (non-hydrogen) atoms. The minimum atomic E-state index is 0.640. The average molecular weight is 230 g/mol. The Kier molecular flexibility index (Phi) is 2.52. The molecule has 3 rings (SSSR count). The maximum atomic E-state index is 5.92. The second kappa shape index (κ2) is 4.04. The number of nitrogen functional groups attached to an aromatic ring is 1. The Morgan fingerprint density at radius 2 is 2.35 bits per heavy atom. The van der Waals surface area contributed by atoms with E-state index in [2.05, 4.69) is 23.1 Å². The summed E-state index contributed by atoms with van der Waals surface area (Å²) >= 11 is 0. The smallest absolute Gasteiger partial charge is 0.138 e. The molecular formula is C13H18N4. The van der Waals surface area contributed by atoms with Crippen LogP contribution >= 0.6 is 0 Å². The Bertz CT molecular complexity index is 531. The fraction of sp³-hybridized carbons (Fsp3) is 0.462. The molecule has 1 atom stereocenters. The van der Waals surface area contributed by atoms with E-state index >= 15 is 0 Å². The molecule has 1 aliphatic rings. The van der Waals surface area contributed by atoms with Crippen molar-refractivity contribution < 1.29 is 0 Å². The summed E-state index contributed by atoms with van der Waals surface area (Å²) in [5.74, 6) is 0.751. The van der Waals surface area contributed by atoms with E-state index in [1.54, 1.807) is 0 Å². The Hall–Kier alpha value is -1.55. The van der Waals surface area contributed by atoms with Crippen molar-refractivity contribution in [3.05, 3.63) is 30.1 Å². The van der Waals surface area contributed by atoms with E-state index in [1.165, 1.54) is 19.4 Å². The molecule has 2 N–H and O–H groups in total. The number of imidazole rings is 1. The van der Waals surface area contributed by atoms with E-state index in [0.717, 1.165) is 23.6 Å². The van der Waals surface area contributed by atoms with Crippen molar-refractivity contribution >= 4 is 11.5 Å². The fourth-order valence-electron chi connectivity index (χ4n) is 2.66. The van der Waals surface area contributed by atoms with Gasteiger partial charge in [0.05, 0.1) is 5.69 Å². The van der Waals surface area contributed by atoms with Crippen LogP contribution < -0.4 is 5.73 Å². The van der Waals surface area contributed by atoms with Crippen LogP contribution in [0.5, 0.6) is 0 Å². The van der Waals surface area contributed by atoms with Crippen LogP contribution in [-0.4, -0.2) is 33.9 Å². The molecule has 0 amide bonds. The Labute approximate surface area is 101 Å². The summed E-state index contributed by atoms with van der Waals surface area (Å²) in [6.45, 7) is 1.21. The van der Waals surface area contributed by atoms with Gasteiger partial charge in [0.1, 0.15) is 11.5 Å². The maximum absolute atomic E-state index is 5.92. The predicted octanol–water partition coefficient (Wildman–Crippen LogP) is 1.55. The number of anilines is 1. The zero-order valence-electron chi connectivity index (χ0n) is 10.1. The van der Waals surface area contributed by atoms with E-state index in [-0.39, 0.29) is 0 Å². The molecule has 1 unspecified atom stereocenters. The van der Waals surface area contributed by atoms with Crippen molar-refractivity contribution in [2.45, 2.75) is 25.3 Å². The van der Waals surface area contributed by atoms with Crippen LogP contribution in [0.4, 0.5) is 5.82 Å². The fourth-order valence-corrected chi connectivity index (χ4v) is 2.66. The SMILES string of the molecule is CN1CCCC1Cc1cn2c(N)cccc2n1. The summed E-state index contributed by atoms with van der Waals surface area (Å²) in [5.41, 5.74) is 8.00. The van der Waals surface area contributed by atoms with Crippen LogP contribution in [0.2, 0.25) is 0 Å². The van der Waals surface area contributed by atoms with Gasteiger partial charge in [0, 0.05) is 18.7 Å². The standard InChI is InChI=1S/C13H18N4/c1-16-7-3-4-11(16)8-10-9-17-12(14)5-2-6-13(17)15-10/h2,5-6,9,11H,3-4,7-8,14H2,1H3. The molecule has 3 heterocycles. The molecule has 1 aliphatic heterocycles. The first-order chi connectivity index (χ1) is 8.24. The lowest BCUT2D eigenvalue weighted by molar-refractivity contribution is 0.308. The summed E-state index contributed by atoms with van der Waals surface area (Å²) in [7, 11) is 2.20. The van der Waals surface area contributed by atoms with E-state index in [1.807, 2.05) is 22.6 Å². The largest absolute Gasteiger partial charge is 0.385 e. The molecule has 0 radical (unpaired) electrons. The van der Waals surface area contributed by atoms with Crippen LogP contribution in [0.15, 0.2) is 24.4 Å². The van der Waals surface area contributed by atoms with Gasteiger partial charge in [0.15, 0.2) is 0 Å². The van der Waals surface area contributed by atoms with E-state index < -0.39 is 0 Å². The third-order valence-corrected chi connectivity index (χ3v) is 3.69. The monoisotopic (exact) mass is 230 g/mol. The molecule has 2 aromatic heterocycles. The normalized spacial score (nSPS) is 21.4. The van der Waals surface area contributed by atoms with E-state index in [4.69, 9.17) is 5.73 Å². The molecule has 0 saturated carbocycles. The zero-order chi connectivity index (χ0) is 11.8. The number of pyridine rings is 1. The number of hydrogen-bond donors (Lipinski definition) is 1. The van der Waals surface area contributed by atoms with Crippen molar-refractivity contribution in [2.75, 3.05) is 19.3 Å². The van der Waals surface area contributed by atoms with Crippen molar-refractivity contribution in [1.29, 1.82) is 0 Å². The van der Waals surface area contributed by atoms with Crippen LogP contribution in [0.3, 0.4) is 0 Å². The second-order valence-corrected chi connectivity index (χ2v) is 4.89. The third kappa shape index (κ3) is 1.89. The van der Waals surface area contributed by atoms with Crippen LogP contribution in [0.25, 0.3) is 5.65 Å². The molecule has 0 aromatic carbocycles. The number of likely N-dealkylation sites (N-methyl/N-ethyl adjacent to an activating group) is 1. The van der Waals surface area contributed by atoms with Gasteiger partial charge in [-0.2, -0.15) is 0 Å². The quantitative estimate of drug-likeness (QED) is 0.851. The van der Waals surface area contributed by atoms with Gasteiger partial charge < -0.3 is 10.6 Å². The zero-order valence-corrected chi connectivity index (χ0v) is 10.1. The molecule has 4 nitrogen and oxygen atoms in total. The second-order valence-electron chi connectivity index (χ2n) is 4.89. The lowest BCUT2D eigenvalue weighted by Crippen LogP contribution is -2.26. The van der Waals surface area contributed by atoms with Gasteiger partial charge in [-0.15, -0.1) is 0 Å². The molecule has 90 valence electrons. The van der Waals surface area contributed by atoms with Gasteiger partial charge in [-0.25, -0.2) is 4.98 Å². The van der Waals surface area contributed by atoms with Crippen molar-refractivity contribution in [1.82, 2.24) is 14.3 Å². The number of fused-ring (bicyclic) bond motifs is 1. The maximum Gasteiger partial charge on any atom is 0.138 e. The van der Waals surface area contributed by atoms with E-state index in [0.29, 0.717) is 6.04 Å². The molecule has 0 spiro atoms. The number of rotatable bonds is 2. The number of hydrogen-bond acceptors (Lipinski definition) is 3.